The van der Waals surface area contributed by atoms with E-state index >= 15 is 0 Å². The molecule has 0 atom stereocenters. The molecule has 1 aromatic carbocycles. The topological polar surface area (TPSA) is 37.8 Å². The van der Waals surface area contributed by atoms with Gasteiger partial charge in [0.1, 0.15) is 0 Å². The van der Waals surface area contributed by atoms with Crippen molar-refractivity contribution in [1.82, 2.24) is 9.97 Å². The molecule has 88 valence electrons. The molecule has 0 saturated heterocycles. The highest BCUT2D eigenvalue weighted by molar-refractivity contribution is 6.35. The third kappa shape index (κ3) is 3.08. The Bertz CT molecular complexity index is 491. The van der Waals surface area contributed by atoms with Gasteiger partial charge in [0.2, 0.25) is 5.95 Å². The Balaban J connectivity index is 2.32. The smallest absolute Gasteiger partial charge is 0.222 e. The second-order valence-electron chi connectivity index (χ2n) is 3.48. The Morgan fingerprint density at radius 2 is 1.59 bits per heavy atom. The number of hydrogen-bond donors (Lipinski definition) is 1. The second kappa shape index (κ2) is 5.34. The van der Waals surface area contributed by atoms with Crippen LogP contribution >= 0.6 is 23.2 Å². The molecule has 1 heterocycles. The number of nitrogens with one attached hydrogen (secondary N) is 1. The second-order valence-corrected chi connectivity index (χ2v) is 4.36. The first-order valence-corrected chi connectivity index (χ1v) is 5.97. The number of halogens is 2. The van der Waals surface area contributed by atoms with Crippen LogP contribution in [0.2, 0.25) is 10.0 Å². The van der Waals surface area contributed by atoms with Crippen molar-refractivity contribution in [3.05, 3.63) is 40.6 Å². The van der Waals surface area contributed by atoms with Gasteiger partial charge in [-0.1, -0.05) is 23.2 Å². The largest absolute Gasteiger partial charge is 0.355 e. The Morgan fingerprint density at radius 3 is 2.12 bits per heavy atom. The molecule has 3 nitrogen and oxygen atoms in total. The Kier molecular flexibility index (Phi) is 3.82. The van der Waals surface area contributed by atoms with Crippen LogP contribution in [0.3, 0.4) is 0 Å². The third-order valence-electron chi connectivity index (χ3n) is 2.18. The van der Waals surface area contributed by atoms with Crippen molar-refractivity contribution in [2.24, 2.45) is 0 Å². The number of benzene rings is 1. The van der Waals surface area contributed by atoms with Crippen LogP contribution in [0.25, 0.3) is 11.1 Å². The zero-order valence-corrected chi connectivity index (χ0v) is 10.8. The van der Waals surface area contributed by atoms with Crippen molar-refractivity contribution in [2.75, 3.05) is 11.9 Å². The van der Waals surface area contributed by atoms with Crippen LogP contribution < -0.4 is 5.32 Å². The summed E-state index contributed by atoms with van der Waals surface area (Å²) in [5, 5.41) is 4.24. The standard InChI is InChI=1S/C12H11Cl2N3/c1-2-15-12-16-6-9(7-17-12)8-3-10(13)5-11(14)4-8/h3-7H,2H2,1H3,(H,15,16,17). The van der Waals surface area contributed by atoms with Gasteiger partial charge in [-0.25, -0.2) is 9.97 Å². The minimum absolute atomic E-state index is 0.600. The number of hydrogen-bond acceptors (Lipinski definition) is 3. The molecular formula is C12H11Cl2N3. The van der Waals surface area contributed by atoms with Crippen LogP contribution in [-0.2, 0) is 0 Å². The highest BCUT2D eigenvalue weighted by Gasteiger charge is 2.03. The Labute approximate surface area is 110 Å². The van der Waals surface area contributed by atoms with Gasteiger partial charge in [-0.2, -0.15) is 0 Å². The molecule has 17 heavy (non-hydrogen) atoms. The SMILES string of the molecule is CCNc1ncc(-c2cc(Cl)cc(Cl)c2)cn1. The van der Waals surface area contributed by atoms with Gasteiger partial charge in [-0.05, 0) is 30.7 Å². The lowest BCUT2D eigenvalue weighted by atomic mass is 10.1. The predicted octanol–water partition coefficient (Wildman–Crippen LogP) is 3.88. The fourth-order valence-electron chi connectivity index (χ4n) is 1.45. The minimum Gasteiger partial charge on any atom is -0.355 e. The monoisotopic (exact) mass is 267 g/mol. The summed E-state index contributed by atoms with van der Waals surface area (Å²) < 4.78 is 0. The van der Waals surface area contributed by atoms with Crippen LogP contribution in [0.4, 0.5) is 5.95 Å². The van der Waals surface area contributed by atoms with Gasteiger partial charge in [-0.15, -0.1) is 0 Å². The molecule has 1 aromatic heterocycles. The van der Waals surface area contributed by atoms with Gasteiger partial charge in [-0.3, -0.25) is 0 Å². The van der Waals surface area contributed by atoms with E-state index in [-0.39, 0.29) is 0 Å². The lowest BCUT2D eigenvalue weighted by Gasteiger charge is -2.04. The average molecular weight is 268 g/mol. The molecular weight excluding hydrogens is 257 g/mol. The number of rotatable bonds is 3. The van der Waals surface area contributed by atoms with Crippen molar-refractivity contribution >= 4 is 29.2 Å². The molecule has 0 aliphatic heterocycles. The highest BCUT2D eigenvalue weighted by atomic mass is 35.5. The van der Waals surface area contributed by atoms with Crippen LogP contribution in [-0.4, -0.2) is 16.5 Å². The van der Waals surface area contributed by atoms with Crippen molar-refractivity contribution in [2.45, 2.75) is 6.92 Å². The van der Waals surface area contributed by atoms with Crippen LogP contribution in [0.15, 0.2) is 30.6 Å². The molecule has 0 aliphatic carbocycles. The maximum Gasteiger partial charge on any atom is 0.222 e. The summed E-state index contributed by atoms with van der Waals surface area (Å²) in [5.74, 6) is 0.615. The number of aromatic nitrogens is 2. The first kappa shape index (κ1) is 12.1. The fraction of sp³-hybridized carbons (Fsp3) is 0.167. The van der Waals surface area contributed by atoms with Crippen molar-refractivity contribution in [1.29, 1.82) is 0 Å². The molecule has 0 spiro atoms. The van der Waals surface area contributed by atoms with E-state index in [1.807, 2.05) is 19.1 Å². The maximum atomic E-state index is 5.94. The van der Waals surface area contributed by atoms with E-state index in [1.54, 1.807) is 18.5 Å². The predicted molar refractivity (Wildman–Crippen MR) is 71.7 cm³/mol. The first-order chi connectivity index (χ1) is 8.19. The molecule has 0 aliphatic rings. The van der Waals surface area contributed by atoms with E-state index < -0.39 is 0 Å². The van der Waals surface area contributed by atoms with Crippen molar-refractivity contribution in [3.8, 4) is 11.1 Å². The van der Waals surface area contributed by atoms with Gasteiger partial charge in [0, 0.05) is 34.5 Å². The van der Waals surface area contributed by atoms with E-state index in [9.17, 15) is 0 Å². The zero-order chi connectivity index (χ0) is 12.3. The molecule has 0 amide bonds. The summed E-state index contributed by atoms with van der Waals surface area (Å²) in [6.45, 7) is 2.79. The fourth-order valence-corrected chi connectivity index (χ4v) is 1.97. The third-order valence-corrected chi connectivity index (χ3v) is 2.62. The van der Waals surface area contributed by atoms with Crippen molar-refractivity contribution < 1.29 is 0 Å². The molecule has 5 heteroatoms. The van der Waals surface area contributed by atoms with E-state index in [2.05, 4.69) is 15.3 Å². The lowest BCUT2D eigenvalue weighted by Crippen LogP contribution is -2.01. The number of nitrogens with zero attached hydrogens (tertiary/aromatic N) is 2. The van der Waals surface area contributed by atoms with Crippen LogP contribution in [0.5, 0.6) is 0 Å². The minimum atomic E-state index is 0.600. The molecule has 0 saturated carbocycles. The maximum absolute atomic E-state index is 5.94. The van der Waals surface area contributed by atoms with Gasteiger partial charge >= 0.3 is 0 Å². The van der Waals surface area contributed by atoms with E-state index in [4.69, 9.17) is 23.2 Å². The zero-order valence-electron chi connectivity index (χ0n) is 9.24. The molecule has 1 N–H and O–H groups in total. The molecule has 0 fully saturated rings. The van der Waals surface area contributed by atoms with Gasteiger partial charge in [0.05, 0.1) is 0 Å². The van der Waals surface area contributed by atoms with Gasteiger partial charge < -0.3 is 5.32 Å². The van der Waals surface area contributed by atoms with Gasteiger partial charge in [0.15, 0.2) is 0 Å². The van der Waals surface area contributed by atoms with E-state index in [0.717, 1.165) is 17.7 Å². The summed E-state index contributed by atoms with van der Waals surface area (Å²) >= 11 is 11.9. The molecule has 2 rings (SSSR count). The average Bonchev–Trinajstić information content (AvgIpc) is 2.29. The molecule has 0 bridgehead atoms. The Hall–Kier alpha value is -1.32. The summed E-state index contributed by atoms with van der Waals surface area (Å²) in [5.41, 5.74) is 1.79. The number of anilines is 1. The molecule has 0 radical (unpaired) electrons. The summed E-state index contributed by atoms with van der Waals surface area (Å²) in [6, 6.07) is 5.36. The lowest BCUT2D eigenvalue weighted by molar-refractivity contribution is 1.09. The van der Waals surface area contributed by atoms with Crippen LogP contribution in [0.1, 0.15) is 6.92 Å². The molecule has 0 unspecified atom stereocenters. The summed E-state index contributed by atoms with van der Waals surface area (Å²) in [4.78, 5) is 8.39. The van der Waals surface area contributed by atoms with Crippen molar-refractivity contribution in [3.63, 3.8) is 0 Å². The molecule has 2 aromatic rings. The quantitative estimate of drug-likeness (QED) is 0.917. The summed E-state index contributed by atoms with van der Waals surface area (Å²) in [6.07, 6.45) is 3.49. The Morgan fingerprint density at radius 1 is 1.00 bits per heavy atom. The van der Waals surface area contributed by atoms with Crippen LogP contribution in [0, 0.1) is 0 Å². The highest BCUT2D eigenvalue weighted by Crippen LogP contribution is 2.26. The van der Waals surface area contributed by atoms with Gasteiger partial charge in [0.25, 0.3) is 0 Å². The van der Waals surface area contributed by atoms with E-state index in [1.165, 1.54) is 0 Å². The normalized spacial score (nSPS) is 10.3. The summed E-state index contributed by atoms with van der Waals surface area (Å²) in [7, 11) is 0. The first-order valence-electron chi connectivity index (χ1n) is 5.21. The van der Waals surface area contributed by atoms with E-state index in [0.29, 0.717) is 16.0 Å².